The summed E-state index contributed by atoms with van der Waals surface area (Å²) >= 11 is 1.48. The van der Waals surface area contributed by atoms with Crippen LogP contribution in [0.3, 0.4) is 0 Å². The summed E-state index contributed by atoms with van der Waals surface area (Å²) < 4.78 is 0. The summed E-state index contributed by atoms with van der Waals surface area (Å²) in [5.41, 5.74) is 3.49. The van der Waals surface area contributed by atoms with Crippen LogP contribution in [-0.2, 0) is 11.3 Å². The van der Waals surface area contributed by atoms with E-state index in [1.165, 1.54) is 22.5 Å². The van der Waals surface area contributed by atoms with E-state index >= 15 is 0 Å². The minimum Gasteiger partial charge on any atom is -0.352 e. The van der Waals surface area contributed by atoms with Crippen LogP contribution >= 0.6 is 11.3 Å². The van der Waals surface area contributed by atoms with Gasteiger partial charge in [-0.2, -0.15) is 0 Å². The summed E-state index contributed by atoms with van der Waals surface area (Å²) in [6.45, 7) is 6.57. The number of carbonyl (C=O) groups excluding carboxylic acids is 2. The number of Topliss-reactive ketones (excluding diaryl/α,β-unsaturated/α-hetero) is 1. The third-order valence-corrected chi connectivity index (χ3v) is 4.61. The molecule has 0 aliphatic rings. The van der Waals surface area contributed by atoms with Gasteiger partial charge in [-0.15, -0.1) is 11.3 Å². The normalized spacial score (nSPS) is 10.5. The van der Waals surface area contributed by atoms with E-state index in [1.54, 1.807) is 0 Å². The molecule has 22 heavy (non-hydrogen) atoms. The van der Waals surface area contributed by atoms with E-state index in [2.05, 4.69) is 11.4 Å². The van der Waals surface area contributed by atoms with Gasteiger partial charge >= 0.3 is 0 Å². The molecular weight excluding hydrogens is 294 g/mol. The van der Waals surface area contributed by atoms with Crippen molar-refractivity contribution in [2.24, 2.45) is 0 Å². The molecule has 1 aromatic carbocycles. The van der Waals surface area contributed by atoms with Gasteiger partial charge in [0.05, 0.1) is 4.88 Å². The maximum atomic E-state index is 12.0. The zero-order valence-corrected chi connectivity index (χ0v) is 14.0. The number of carbonyl (C=O) groups is 2. The molecule has 3 nitrogen and oxygen atoms in total. The van der Waals surface area contributed by atoms with E-state index in [4.69, 9.17) is 0 Å². The Morgan fingerprint density at radius 2 is 1.82 bits per heavy atom. The van der Waals surface area contributed by atoms with Crippen molar-refractivity contribution in [1.82, 2.24) is 5.32 Å². The first-order valence-electron chi connectivity index (χ1n) is 7.38. The summed E-state index contributed by atoms with van der Waals surface area (Å²) in [6, 6.07) is 9.93. The molecule has 0 saturated heterocycles. The van der Waals surface area contributed by atoms with Crippen LogP contribution in [0.15, 0.2) is 30.3 Å². The van der Waals surface area contributed by atoms with Crippen LogP contribution in [0, 0.1) is 20.8 Å². The molecule has 0 radical (unpaired) electrons. The average molecular weight is 315 g/mol. The van der Waals surface area contributed by atoms with Crippen molar-refractivity contribution in [3.63, 3.8) is 0 Å². The van der Waals surface area contributed by atoms with E-state index in [9.17, 15) is 9.59 Å². The molecule has 0 unspecified atom stereocenters. The standard InChI is InChI=1S/C18H21NO2S/c1-12-4-6-15(13(2)10-12)11-19-18(21)9-7-16(20)17-8-5-14(3)22-17/h4-6,8,10H,7,9,11H2,1-3H3,(H,19,21). The minimum atomic E-state index is -0.0818. The predicted octanol–water partition coefficient (Wildman–Crippen LogP) is 3.95. The molecular formula is C18H21NO2S. The van der Waals surface area contributed by atoms with Gasteiger partial charge in [-0.3, -0.25) is 9.59 Å². The van der Waals surface area contributed by atoms with Crippen LogP contribution in [0.2, 0.25) is 0 Å². The second kappa shape index (κ2) is 7.36. The van der Waals surface area contributed by atoms with E-state index in [0.29, 0.717) is 6.54 Å². The molecule has 1 heterocycles. The molecule has 1 amide bonds. The molecule has 1 N–H and O–H groups in total. The van der Waals surface area contributed by atoms with Gasteiger partial charge in [0, 0.05) is 24.3 Å². The fourth-order valence-corrected chi connectivity index (χ4v) is 3.10. The first-order chi connectivity index (χ1) is 10.5. The Kier molecular flexibility index (Phi) is 5.50. The molecule has 2 rings (SSSR count). The molecule has 0 spiro atoms. The third-order valence-electron chi connectivity index (χ3n) is 3.57. The molecule has 0 fully saturated rings. The molecule has 0 atom stereocenters. The molecule has 0 aliphatic carbocycles. The van der Waals surface area contributed by atoms with Crippen molar-refractivity contribution in [3.8, 4) is 0 Å². The third kappa shape index (κ3) is 4.53. The lowest BCUT2D eigenvalue weighted by Crippen LogP contribution is -2.23. The Morgan fingerprint density at radius 1 is 1.05 bits per heavy atom. The average Bonchev–Trinajstić information content (AvgIpc) is 2.90. The Bertz CT molecular complexity index is 688. The number of benzene rings is 1. The first-order valence-corrected chi connectivity index (χ1v) is 8.20. The van der Waals surface area contributed by atoms with E-state index in [-0.39, 0.29) is 24.5 Å². The second-order valence-corrected chi connectivity index (χ2v) is 6.83. The van der Waals surface area contributed by atoms with Gasteiger partial charge in [0.2, 0.25) is 5.91 Å². The number of rotatable bonds is 6. The van der Waals surface area contributed by atoms with Gasteiger partial charge in [0.1, 0.15) is 0 Å². The lowest BCUT2D eigenvalue weighted by atomic mass is 10.1. The molecule has 116 valence electrons. The number of aryl methyl sites for hydroxylation is 3. The number of hydrogen-bond acceptors (Lipinski definition) is 3. The van der Waals surface area contributed by atoms with Gasteiger partial charge in [0.25, 0.3) is 0 Å². The van der Waals surface area contributed by atoms with Gasteiger partial charge in [0.15, 0.2) is 5.78 Å². The van der Waals surface area contributed by atoms with Crippen molar-refractivity contribution in [3.05, 3.63) is 56.8 Å². The highest BCUT2D eigenvalue weighted by molar-refractivity contribution is 7.14. The van der Waals surface area contributed by atoms with Crippen molar-refractivity contribution in [1.29, 1.82) is 0 Å². The summed E-state index contributed by atoms with van der Waals surface area (Å²) in [4.78, 5) is 25.7. The Hall–Kier alpha value is -1.94. The quantitative estimate of drug-likeness (QED) is 0.820. The van der Waals surface area contributed by atoms with Crippen molar-refractivity contribution < 1.29 is 9.59 Å². The zero-order valence-electron chi connectivity index (χ0n) is 13.2. The maximum absolute atomic E-state index is 12.0. The van der Waals surface area contributed by atoms with Crippen LogP contribution in [0.4, 0.5) is 0 Å². The number of amides is 1. The Labute approximate surface area is 135 Å². The fourth-order valence-electron chi connectivity index (χ4n) is 2.26. The van der Waals surface area contributed by atoms with E-state index in [0.717, 1.165) is 15.3 Å². The summed E-state index contributed by atoms with van der Waals surface area (Å²) in [5, 5.41) is 2.88. The fraction of sp³-hybridized carbons (Fsp3) is 0.333. The SMILES string of the molecule is Cc1ccc(CNC(=O)CCC(=O)c2ccc(C)s2)c(C)c1. The van der Waals surface area contributed by atoms with Gasteiger partial charge in [-0.25, -0.2) is 0 Å². The number of nitrogens with one attached hydrogen (secondary N) is 1. The molecule has 0 saturated carbocycles. The smallest absolute Gasteiger partial charge is 0.220 e. The van der Waals surface area contributed by atoms with Crippen molar-refractivity contribution in [2.75, 3.05) is 0 Å². The lowest BCUT2D eigenvalue weighted by molar-refractivity contribution is -0.121. The maximum Gasteiger partial charge on any atom is 0.220 e. The molecule has 1 aromatic heterocycles. The first kappa shape index (κ1) is 16.4. The second-order valence-electron chi connectivity index (χ2n) is 5.54. The highest BCUT2D eigenvalue weighted by Gasteiger charge is 2.11. The zero-order chi connectivity index (χ0) is 16.1. The molecule has 0 bridgehead atoms. The lowest BCUT2D eigenvalue weighted by Gasteiger charge is -2.08. The number of hydrogen-bond donors (Lipinski definition) is 1. The van der Waals surface area contributed by atoms with Crippen LogP contribution in [0.5, 0.6) is 0 Å². The molecule has 2 aromatic rings. The topological polar surface area (TPSA) is 46.2 Å². The van der Waals surface area contributed by atoms with Crippen LogP contribution in [0.25, 0.3) is 0 Å². The monoisotopic (exact) mass is 315 g/mol. The van der Waals surface area contributed by atoms with E-state index < -0.39 is 0 Å². The summed E-state index contributed by atoms with van der Waals surface area (Å²) in [7, 11) is 0. The molecule has 4 heteroatoms. The van der Waals surface area contributed by atoms with Crippen molar-refractivity contribution >= 4 is 23.0 Å². The molecule has 0 aliphatic heterocycles. The van der Waals surface area contributed by atoms with Crippen LogP contribution < -0.4 is 5.32 Å². The van der Waals surface area contributed by atoms with Gasteiger partial charge in [-0.1, -0.05) is 23.8 Å². The minimum absolute atomic E-state index is 0.0415. The highest BCUT2D eigenvalue weighted by atomic mass is 32.1. The van der Waals surface area contributed by atoms with E-state index in [1.807, 2.05) is 45.0 Å². The van der Waals surface area contributed by atoms with Gasteiger partial charge in [-0.05, 0) is 44.0 Å². The van der Waals surface area contributed by atoms with Crippen LogP contribution in [-0.4, -0.2) is 11.7 Å². The Morgan fingerprint density at radius 3 is 2.45 bits per heavy atom. The summed E-state index contributed by atoms with van der Waals surface area (Å²) in [5.74, 6) is -0.0404. The van der Waals surface area contributed by atoms with Gasteiger partial charge < -0.3 is 5.32 Å². The number of thiophene rings is 1. The van der Waals surface area contributed by atoms with Crippen LogP contribution in [0.1, 0.15) is 44.1 Å². The predicted molar refractivity (Wildman–Crippen MR) is 90.4 cm³/mol. The number of ketones is 1. The Balaban J connectivity index is 1.79. The highest BCUT2D eigenvalue weighted by Crippen LogP contribution is 2.17. The van der Waals surface area contributed by atoms with Crippen molar-refractivity contribution in [2.45, 2.75) is 40.2 Å². The summed E-state index contributed by atoms with van der Waals surface area (Å²) in [6.07, 6.45) is 0.499. The largest absolute Gasteiger partial charge is 0.352 e.